The van der Waals surface area contributed by atoms with Gasteiger partial charge in [-0.05, 0) is 36.2 Å². The van der Waals surface area contributed by atoms with E-state index in [4.69, 9.17) is 4.42 Å². The van der Waals surface area contributed by atoms with Crippen molar-refractivity contribution in [3.63, 3.8) is 0 Å². The largest absolute Gasteiger partial charge is 0.468 e. The summed E-state index contributed by atoms with van der Waals surface area (Å²) in [6, 6.07) is 23.9. The van der Waals surface area contributed by atoms with E-state index in [1.165, 1.54) is 5.69 Å². The molecule has 172 valence electrons. The monoisotopic (exact) mass is 446 g/mol. The standard InChI is InChI=1S/C26H30N4O3/c31-25(27-14-13-21-8-3-1-4-9-21)26(32)28-20-23(24-12-7-19-33-24)30-17-15-29(16-18-30)22-10-5-2-6-11-22/h1-12,19,23H,13-18,20H2,(H,27,31)(H,28,32). The van der Waals surface area contributed by atoms with Crippen LogP contribution in [-0.4, -0.2) is 56.0 Å². The minimum Gasteiger partial charge on any atom is -0.468 e. The molecule has 1 atom stereocenters. The fraction of sp³-hybridized carbons (Fsp3) is 0.308. The number of carbonyl (C=O) groups is 2. The van der Waals surface area contributed by atoms with Crippen LogP contribution in [-0.2, 0) is 16.0 Å². The predicted octanol–water partition coefficient (Wildman–Crippen LogP) is 2.62. The number of benzene rings is 2. The number of hydrogen-bond acceptors (Lipinski definition) is 5. The Morgan fingerprint density at radius 2 is 1.48 bits per heavy atom. The molecule has 7 heteroatoms. The number of hydrogen-bond donors (Lipinski definition) is 2. The molecule has 1 unspecified atom stereocenters. The smallest absolute Gasteiger partial charge is 0.309 e. The fourth-order valence-electron chi connectivity index (χ4n) is 4.14. The molecular weight excluding hydrogens is 416 g/mol. The van der Waals surface area contributed by atoms with E-state index >= 15 is 0 Å². The van der Waals surface area contributed by atoms with Crippen molar-refractivity contribution < 1.29 is 14.0 Å². The topological polar surface area (TPSA) is 77.8 Å². The first-order valence-corrected chi connectivity index (χ1v) is 11.4. The Hall–Kier alpha value is -3.58. The van der Waals surface area contributed by atoms with E-state index in [9.17, 15) is 9.59 Å². The number of amides is 2. The van der Waals surface area contributed by atoms with Gasteiger partial charge in [0.05, 0.1) is 12.3 Å². The third-order valence-electron chi connectivity index (χ3n) is 5.95. The zero-order valence-corrected chi connectivity index (χ0v) is 18.7. The van der Waals surface area contributed by atoms with Crippen molar-refractivity contribution in [3.8, 4) is 0 Å². The molecule has 1 aliphatic heterocycles. The Morgan fingerprint density at radius 1 is 0.818 bits per heavy atom. The molecule has 1 saturated heterocycles. The molecule has 0 aliphatic carbocycles. The summed E-state index contributed by atoms with van der Waals surface area (Å²) in [5, 5.41) is 5.49. The van der Waals surface area contributed by atoms with Gasteiger partial charge in [-0.1, -0.05) is 48.5 Å². The minimum atomic E-state index is -0.623. The van der Waals surface area contributed by atoms with Crippen LogP contribution < -0.4 is 15.5 Å². The van der Waals surface area contributed by atoms with Gasteiger partial charge < -0.3 is 20.0 Å². The third-order valence-corrected chi connectivity index (χ3v) is 5.95. The fourth-order valence-corrected chi connectivity index (χ4v) is 4.14. The van der Waals surface area contributed by atoms with E-state index in [-0.39, 0.29) is 6.04 Å². The second kappa shape index (κ2) is 11.3. The zero-order valence-electron chi connectivity index (χ0n) is 18.7. The van der Waals surface area contributed by atoms with Crippen LogP contribution in [0.1, 0.15) is 17.4 Å². The van der Waals surface area contributed by atoms with Crippen LogP contribution in [0.2, 0.25) is 0 Å². The Balaban J connectivity index is 1.28. The first-order chi connectivity index (χ1) is 16.2. The van der Waals surface area contributed by atoms with Crippen LogP contribution in [0.5, 0.6) is 0 Å². The number of carbonyl (C=O) groups excluding carboxylic acids is 2. The van der Waals surface area contributed by atoms with E-state index in [1.807, 2.05) is 60.7 Å². The van der Waals surface area contributed by atoms with Crippen LogP contribution in [0.25, 0.3) is 0 Å². The molecule has 0 saturated carbocycles. The summed E-state index contributed by atoms with van der Waals surface area (Å²) < 4.78 is 5.66. The summed E-state index contributed by atoms with van der Waals surface area (Å²) in [5.74, 6) is -0.450. The lowest BCUT2D eigenvalue weighted by Gasteiger charge is -2.39. The predicted molar refractivity (Wildman–Crippen MR) is 128 cm³/mol. The molecule has 0 radical (unpaired) electrons. The van der Waals surface area contributed by atoms with Crippen molar-refractivity contribution in [2.45, 2.75) is 12.5 Å². The summed E-state index contributed by atoms with van der Waals surface area (Å²) in [6.45, 7) is 4.16. The Morgan fingerprint density at radius 3 is 2.15 bits per heavy atom. The maximum absolute atomic E-state index is 12.4. The lowest BCUT2D eigenvalue weighted by atomic mass is 10.1. The van der Waals surface area contributed by atoms with Crippen LogP contribution in [0.4, 0.5) is 5.69 Å². The van der Waals surface area contributed by atoms with Crippen molar-refractivity contribution in [1.29, 1.82) is 0 Å². The molecule has 33 heavy (non-hydrogen) atoms. The summed E-state index contributed by atoms with van der Waals surface area (Å²) in [5.41, 5.74) is 2.33. The molecule has 4 rings (SSSR count). The van der Waals surface area contributed by atoms with E-state index < -0.39 is 11.8 Å². The van der Waals surface area contributed by atoms with Gasteiger partial charge in [0, 0.05) is 45.0 Å². The highest BCUT2D eigenvalue weighted by Crippen LogP contribution is 2.24. The second-order valence-corrected chi connectivity index (χ2v) is 8.09. The van der Waals surface area contributed by atoms with Crippen LogP contribution in [0.3, 0.4) is 0 Å². The van der Waals surface area contributed by atoms with E-state index in [2.05, 4.69) is 32.6 Å². The highest BCUT2D eigenvalue weighted by Gasteiger charge is 2.28. The third kappa shape index (κ3) is 6.23. The first kappa shape index (κ1) is 22.6. The lowest BCUT2D eigenvalue weighted by Crippen LogP contribution is -2.50. The summed E-state index contributed by atoms with van der Waals surface area (Å²) in [4.78, 5) is 29.3. The van der Waals surface area contributed by atoms with E-state index in [0.717, 1.165) is 37.5 Å². The van der Waals surface area contributed by atoms with Gasteiger partial charge in [-0.15, -0.1) is 0 Å². The normalized spacial score (nSPS) is 15.1. The minimum absolute atomic E-state index is 0.126. The molecule has 2 aromatic carbocycles. The lowest BCUT2D eigenvalue weighted by molar-refractivity contribution is -0.139. The molecule has 0 spiro atoms. The number of anilines is 1. The molecule has 1 fully saturated rings. The SMILES string of the molecule is O=C(NCCc1ccccc1)C(=O)NCC(c1ccco1)N1CCN(c2ccccc2)CC1. The van der Waals surface area contributed by atoms with Gasteiger partial charge in [0.25, 0.3) is 0 Å². The molecule has 2 amide bonds. The molecule has 0 bridgehead atoms. The highest BCUT2D eigenvalue weighted by molar-refractivity contribution is 6.35. The average molecular weight is 447 g/mol. The molecule has 2 N–H and O–H groups in total. The first-order valence-electron chi connectivity index (χ1n) is 11.4. The van der Waals surface area contributed by atoms with Crippen molar-refractivity contribution >= 4 is 17.5 Å². The van der Waals surface area contributed by atoms with Crippen molar-refractivity contribution in [3.05, 3.63) is 90.4 Å². The zero-order chi connectivity index (χ0) is 22.9. The number of nitrogens with one attached hydrogen (secondary N) is 2. The van der Waals surface area contributed by atoms with Gasteiger partial charge >= 0.3 is 11.8 Å². The van der Waals surface area contributed by atoms with Crippen LogP contribution >= 0.6 is 0 Å². The molecule has 7 nitrogen and oxygen atoms in total. The summed E-state index contributed by atoms with van der Waals surface area (Å²) >= 11 is 0. The van der Waals surface area contributed by atoms with Gasteiger partial charge in [-0.3, -0.25) is 14.5 Å². The summed E-state index contributed by atoms with van der Waals surface area (Å²) in [6.07, 6.45) is 2.32. The number of piperazine rings is 1. The van der Waals surface area contributed by atoms with Crippen molar-refractivity contribution in [1.82, 2.24) is 15.5 Å². The van der Waals surface area contributed by atoms with Crippen LogP contribution in [0, 0.1) is 0 Å². The Labute approximate surface area is 194 Å². The van der Waals surface area contributed by atoms with Gasteiger partial charge in [0.15, 0.2) is 0 Å². The molecule has 1 aromatic heterocycles. The maximum Gasteiger partial charge on any atom is 0.309 e. The Kier molecular flexibility index (Phi) is 7.76. The van der Waals surface area contributed by atoms with Crippen molar-refractivity contribution in [2.24, 2.45) is 0 Å². The maximum atomic E-state index is 12.4. The highest BCUT2D eigenvalue weighted by atomic mass is 16.3. The Bertz CT molecular complexity index is 1000. The van der Waals surface area contributed by atoms with Gasteiger partial charge in [-0.25, -0.2) is 0 Å². The molecule has 1 aliphatic rings. The number of furan rings is 1. The number of nitrogens with zero attached hydrogens (tertiary/aromatic N) is 2. The number of rotatable bonds is 8. The van der Waals surface area contributed by atoms with E-state index in [1.54, 1.807) is 6.26 Å². The summed E-state index contributed by atoms with van der Waals surface area (Å²) in [7, 11) is 0. The molecule has 3 aromatic rings. The van der Waals surface area contributed by atoms with Gasteiger partial charge in [0.1, 0.15) is 5.76 Å². The van der Waals surface area contributed by atoms with Gasteiger partial charge in [0.2, 0.25) is 0 Å². The number of para-hydroxylation sites is 1. The molecule has 2 heterocycles. The van der Waals surface area contributed by atoms with Gasteiger partial charge in [-0.2, -0.15) is 0 Å². The second-order valence-electron chi connectivity index (χ2n) is 8.09. The molecular formula is C26H30N4O3. The average Bonchev–Trinajstić information content (AvgIpc) is 3.40. The van der Waals surface area contributed by atoms with E-state index in [0.29, 0.717) is 19.5 Å². The quantitative estimate of drug-likeness (QED) is 0.520. The van der Waals surface area contributed by atoms with Crippen LogP contribution in [0.15, 0.2) is 83.5 Å². The van der Waals surface area contributed by atoms with Crippen molar-refractivity contribution in [2.75, 3.05) is 44.2 Å².